The van der Waals surface area contributed by atoms with E-state index in [-0.39, 0.29) is 12.3 Å². The zero-order chi connectivity index (χ0) is 11.1. The third kappa shape index (κ3) is 1.82. The number of ketones is 1. The Labute approximate surface area is 85.9 Å². The molecule has 2 rings (SSSR count). The van der Waals surface area contributed by atoms with Crippen LogP contribution in [0.15, 0.2) is 5.11 Å². The maximum absolute atomic E-state index is 11.7. The number of hydrogen-bond donors (Lipinski definition) is 0. The van der Waals surface area contributed by atoms with E-state index in [4.69, 9.17) is 19.7 Å². The van der Waals surface area contributed by atoms with E-state index < -0.39 is 24.3 Å². The lowest BCUT2D eigenvalue weighted by Crippen LogP contribution is -2.31. The van der Waals surface area contributed by atoms with Crippen molar-refractivity contribution in [2.24, 2.45) is 5.11 Å². The van der Waals surface area contributed by atoms with Crippen molar-refractivity contribution in [1.82, 2.24) is 0 Å². The van der Waals surface area contributed by atoms with Crippen LogP contribution in [0.2, 0.25) is 0 Å². The summed E-state index contributed by atoms with van der Waals surface area (Å²) in [6, 6.07) is 0. The van der Waals surface area contributed by atoms with Gasteiger partial charge in [-0.1, -0.05) is 5.11 Å². The standard InChI is InChI=1S/C8H11N3O4/c1-8(2)14-6-5(12)4(3-10-11-9)13-7(6)15-8/h4,6-7H,3H2,1-2H3/t4-,6-,7-/m1/s1. The fraction of sp³-hybridized carbons (Fsp3) is 0.875. The molecule has 7 nitrogen and oxygen atoms in total. The molecule has 0 N–H and O–H groups in total. The zero-order valence-electron chi connectivity index (χ0n) is 8.41. The molecule has 0 aliphatic carbocycles. The summed E-state index contributed by atoms with van der Waals surface area (Å²) in [5.74, 6) is -1.02. The molecular weight excluding hydrogens is 202 g/mol. The van der Waals surface area contributed by atoms with Crippen LogP contribution in [0.1, 0.15) is 13.8 Å². The van der Waals surface area contributed by atoms with Gasteiger partial charge in [-0.2, -0.15) is 0 Å². The van der Waals surface area contributed by atoms with Gasteiger partial charge in [0.05, 0.1) is 6.54 Å². The van der Waals surface area contributed by atoms with Crippen molar-refractivity contribution in [3.05, 3.63) is 10.4 Å². The van der Waals surface area contributed by atoms with Gasteiger partial charge in [-0.3, -0.25) is 4.79 Å². The van der Waals surface area contributed by atoms with Crippen LogP contribution in [0, 0.1) is 0 Å². The quantitative estimate of drug-likeness (QED) is 0.384. The number of carbonyl (C=O) groups is 1. The van der Waals surface area contributed by atoms with Gasteiger partial charge in [-0.15, -0.1) is 0 Å². The van der Waals surface area contributed by atoms with E-state index in [2.05, 4.69) is 10.0 Å². The van der Waals surface area contributed by atoms with E-state index in [0.717, 1.165) is 0 Å². The van der Waals surface area contributed by atoms with Gasteiger partial charge in [-0.05, 0) is 19.4 Å². The molecule has 7 heteroatoms. The van der Waals surface area contributed by atoms with E-state index in [1.807, 2.05) is 0 Å². The first-order chi connectivity index (χ1) is 7.03. The molecule has 0 aromatic heterocycles. The topological polar surface area (TPSA) is 93.5 Å². The predicted octanol–water partition coefficient (Wildman–Crippen LogP) is 0.742. The van der Waals surface area contributed by atoms with Gasteiger partial charge in [0, 0.05) is 4.91 Å². The number of nitrogens with zero attached hydrogens (tertiary/aromatic N) is 3. The van der Waals surface area contributed by atoms with Crippen LogP contribution in [0.5, 0.6) is 0 Å². The van der Waals surface area contributed by atoms with Crippen LogP contribution < -0.4 is 0 Å². The highest BCUT2D eigenvalue weighted by atomic mass is 16.8. The molecule has 2 heterocycles. The van der Waals surface area contributed by atoms with Crippen molar-refractivity contribution >= 4 is 5.78 Å². The van der Waals surface area contributed by atoms with Gasteiger partial charge in [0.1, 0.15) is 6.10 Å². The molecule has 0 aromatic rings. The second kappa shape index (κ2) is 3.46. The third-order valence-electron chi connectivity index (χ3n) is 2.26. The normalized spacial score (nSPS) is 37.5. The summed E-state index contributed by atoms with van der Waals surface area (Å²) >= 11 is 0. The molecule has 0 saturated carbocycles. The Balaban J connectivity index is 2.05. The van der Waals surface area contributed by atoms with E-state index >= 15 is 0 Å². The lowest BCUT2D eigenvalue weighted by Gasteiger charge is -2.19. The SMILES string of the molecule is CC1(C)O[C@H]2O[C@H](CN=[N+]=[N-])C(=O)[C@H]2O1. The number of azide groups is 1. The Bertz CT molecular complexity index is 337. The van der Waals surface area contributed by atoms with Crippen molar-refractivity contribution in [3.63, 3.8) is 0 Å². The summed E-state index contributed by atoms with van der Waals surface area (Å²) in [6.45, 7) is 3.41. The van der Waals surface area contributed by atoms with Gasteiger partial charge < -0.3 is 14.2 Å². The van der Waals surface area contributed by atoms with Crippen LogP contribution in [0.25, 0.3) is 10.4 Å². The number of ether oxygens (including phenoxy) is 3. The molecule has 2 aliphatic rings. The average molecular weight is 213 g/mol. The monoisotopic (exact) mass is 213 g/mol. The second-order valence-electron chi connectivity index (χ2n) is 3.87. The summed E-state index contributed by atoms with van der Waals surface area (Å²) in [4.78, 5) is 14.2. The maximum Gasteiger partial charge on any atom is 0.195 e. The van der Waals surface area contributed by atoms with Gasteiger partial charge >= 0.3 is 0 Å². The van der Waals surface area contributed by atoms with Crippen molar-refractivity contribution in [2.45, 2.75) is 38.1 Å². The minimum Gasteiger partial charge on any atom is -0.338 e. The second-order valence-corrected chi connectivity index (χ2v) is 3.87. The Morgan fingerprint density at radius 2 is 2.27 bits per heavy atom. The van der Waals surface area contributed by atoms with Gasteiger partial charge in [0.25, 0.3) is 0 Å². The van der Waals surface area contributed by atoms with E-state index in [9.17, 15) is 4.79 Å². The number of carbonyl (C=O) groups excluding carboxylic acids is 1. The van der Waals surface area contributed by atoms with E-state index in [1.165, 1.54) is 0 Å². The molecule has 0 unspecified atom stereocenters. The number of Topliss-reactive ketones (excluding diaryl/α,β-unsaturated/α-hetero) is 1. The van der Waals surface area contributed by atoms with Gasteiger partial charge in [0.15, 0.2) is 24.0 Å². The molecule has 2 fully saturated rings. The molecule has 0 spiro atoms. The molecule has 3 atom stereocenters. The largest absolute Gasteiger partial charge is 0.338 e. The summed E-state index contributed by atoms with van der Waals surface area (Å²) in [6.07, 6.45) is -2.11. The van der Waals surface area contributed by atoms with E-state index in [1.54, 1.807) is 13.8 Å². The fourth-order valence-corrected chi connectivity index (χ4v) is 1.68. The highest BCUT2D eigenvalue weighted by molar-refractivity contribution is 5.90. The Kier molecular flexibility index (Phi) is 2.40. The highest BCUT2D eigenvalue weighted by Gasteiger charge is 2.53. The molecule has 0 amide bonds. The molecule has 0 radical (unpaired) electrons. The van der Waals surface area contributed by atoms with Crippen molar-refractivity contribution < 1.29 is 19.0 Å². The average Bonchev–Trinajstić information content (AvgIpc) is 2.58. The van der Waals surface area contributed by atoms with Crippen molar-refractivity contribution in [2.75, 3.05) is 6.54 Å². The fourth-order valence-electron chi connectivity index (χ4n) is 1.68. The smallest absolute Gasteiger partial charge is 0.195 e. The van der Waals surface area contributed by atoms with Crippen molar-refractivity contribution in [1.29, 1.82) is 0 Å². The summed E-state index contributed by atoms with van der Waals surface area (Å²) in [5, 5.41) is 3.29. The van der Waals surface area contributed by atoms with Crippen LogP contribution in [-0.2, 0) is 19.0 Å². The van der Waals surface area contributed by atoms with Crippen molar-refractivity contribution in [3.8, 4) is 0 Å². The third-order valence-corrected chi connectivity index (χ3v) is 2.26. The first-order valence-corrected chi connectivity index (χ1v) is 4.59. The zero-order valence-corrected chi connectivity index (χ0v) is 8.41. The minimum atomic E-state index is -0.797. The Morgan fingerprint density at radius 3 is 2.87 bits per heavy atom. The van der Waals surface area contributed by atoms with E-state index in [0.29, 0.717) is 0 Å². The minimum absolute atomic E-state index is 0.0184. The molecule has 2 aliphatic heterocycles. The Hall–Kier alpha value is -1.14. The maximum atomic E-state index is 11.7. The number of hydrogen-bond acceptors (Lipinski definition) is 5. The summed E-state index contributed by atoms with van der Waals surface area (Å²) in [7, 11) is 0. The van der Waals surface area contributed by atoms with Crippen LogP contribution >= 0.6 is 0 Å². The molecule has 15 heavy (non-hydrogen) atoms. The lowest BCUT2D eigenvalue weighted by molar-refractivity contribution is -0.203. The number of fused-ring (bicyclic) bond motifs is 1. The van der Waals surface area contributed by atoms with Crippen LogP contribution in [0.4, 0.5) is 0 Å². The van der Waals surface area contributed by atoms with Crippen LogP contribution in [-0.4, -0.2) is 36.6 Å². The first kappa shape index (κ1) is 10.4. The van der Waals surface area contributed by atoms with Crippen LogP contribution in [0.3, 0.4) is 0 Å². The summed E-state index contributed by atoms with van der Waals surface area (Å²) in [5.41, 5.74) is 8.13. The highest BCUT2D eigenvalue weighted by Crippen LogP contribution is 2.35. The molecular formula is C8H11N3O4. The molecule has 82 valence electrons. The molecule has 0 aromatic carbocycles. The Morgan fingerprint density at radius 1 is 1.53 bits per heavy atom. The summed E-state index contributed by atoms with van der Waals surface area (Å²) < 4.78 is 16.0. The molecule has 2 saturated heterocycles. The lowest BCUT2D eigenvalue weighted by atomic mass is 10.2. The number of rotatable bonds is 2. The molecule has 0 bridgehead atoms. The predicted molar refractivity (Wildman–Crippen MR) is 47.7 cm³/mol. The van der Waals surface area contributed by atoms with Gasteiger partial charge in [-0.25, -0.2) is 0 Å². The first-order valence-electron chi connectivity index (χ1n) is 4.59. The van der Waals surface area contributed by atoms with Gasteiger partial charge in [0.2, 0.25) is 0 Å².